The van der Waals surface area contributed by atoms with E-state index in [0.717, 1.165) is 0 Å². The molecule has 0 atom stereocenters. The summed E-state index contributed by atoms with van der Waals surface area (Å²) in [5.41, 5.74) is 5.81. The predicted molar refractivity (Wildman–Crippen MR) is 72.5 cm³/mol. The molecule has 0 spiro atoms. The van der Waals surface area contributed by atoms with Crippen molar-refractivity contribution in [2.45, 2.75) is 32.7 Å². The third-order valence-corrected chi connectivity index (χ3v) is 2.52. The van der Waals surface area contributed by atoms with Crippen molar-refractivity contribution in [3.8, 4) is 5.75 Å². The molecule has 1 amide bonds. The van der Waals surface area contributed by atoms with Gasteiger partial charge in [-0.15, -0.1) is 0 Å². The van der Waals surface area contributed by atoms with Crippen molar-refractivity contribution in [1.29, 1.82) is 0 Å². The zero-order chi connectivity index (χ0) is 15.1. The molecule has 20 heavy (non-hydrogen) atoms. The molecule has 0 aromatic heterocycles. The molecule has 3 N–H and O–H groups in total. The summed E-state index contributed by atoms with van der Waals surface area (Å²) in [6.45, 7) is 3.89. The standard InChI is InChI=1S/C14H20F2N2O2/c1-9(2)18-13(19)4-6-20-14-11(15)7-10(3-5-17)8-12(14)16/h7-9H,3-6,17H2,1-2H3,(H,18,19). The van der Waals surface area contributed by atoms with Gasteiger partial charge in [-0.05, 0) is 44.5 Å². The van der Waals surface area contributed by atoms with Gasteiger partial charge in [0.25, 0.3) is 0 Å². The highest BCUT2D eigenvalue weighted by Crippen LogP contribution is 2.23. The lowest BCUT2D eigenvalue weighted by atomic mass is 10.1. The highest BCUT2D eigenvalue weighted by molar-refractivity contribution is 5.76. The van der Waals surface area contributed by atoms with Gasteiger partial charge in [0, 0.05) is 6.04 Å². The van der Waals surface area contributed by atoms with Crippen molar-refractivity contribution in [1.82, 2.24) is 5.32 Å². The van der Waals surface area contributed by atoms with E-state index in [1.807, 2.05) is 13.8 Å². The molecule has 0 saturated heterocycles. The van der Waals surface area contributed by atoms with Gasteiger partial charge in [0.2, 0.25) is 5.91 Å². The third-order valence-electron chi connectivity index (χ3n) is 2.52. The molecule has 0 bridgehead atoms. The number of benzene rings is 1. The predicted octanol–water partition coefficient (Wildman–Crippen LogP) is 1.76. The Hall–Kier alpha value is -1.69. The molecular weight excluding hydrogens is 266 g/mol. The normalized spacial score (nSPS) is 10.7. The van der Waals surface area contributed by atoms with Gasteiger partial charge in [-0.2, -0.15) is 0 Å². The molecule has 0 saturated carbocycles. The van der Waals surface area contributed by atoms with Crippen LogP contribution >= 0.6 is 0 Å². The molecule has 0 aliphatic rings. The van der Waals surface area contributed by atoms with Crippen molar-refractivity contribution in [2.75, 3.05) is 13.2 Å². The minimum atomic E-state index is -0.780. The second-order valence-corrected chi connectivity index (χ2v) is 4.75. The summed E-state index contributed by atoms with van der Waals surface area (Å²) in [5.74, 6) is -2.24. The monoisotopic (exact) mass is 286 g/mol. The summed E-state index contributed by atoms with van der Waals surface area (Å²) in [6.07, 6.45) is 0.437. The van der Waals surface area contributed by atoms with Gasteiger partial charge in [0.1, 0.15) is 0 Å². The van der Waals surface area contributed by atoms with E-state index in [-0.39, 0.29) is 25.0 Å². The van der Waals surface area contributed by atoms with E-state index in [9.17, 15) is 13.6 Å². The van der Waals surface area contributed by atoms with Crippen molar-refractivity contribution < 1.29 is 18.3 Å². The number of hydrogen-bond acceptors (Lipinski definition) is 3. The number of hydrogen-bond donors (Lipinski definition) is 2. The first-order valence-electron chi connectivity index (χ1n) is 6.54. The largest absolute Gasteiger partial charge is 0.487 e. The van der Waals surface area contributed by atoms with Gasteiger partial charge in [-0.25, -0.2) is 8.78 Å². The molecule has 6 heteroatoms. The quantitative estimate of drug-likeness (QED) is 0.802. The van der Waals surface area contributed by atoms with E-state index in [0.29, 0.717) is 18.5 Å². The highest BCUT2D eigenvalue weighted by atomic mass is 19.1. The fourth-order valence-electron chi connectivity index (χ4n) is 1.70. The van der Waals surface area contributed by atoms with Crippen LogP contribution < -0.4 is 15.8 Å². The van der Waals surface area contributed by atoms with Gasteiger partial charge >= 0.3 is 0 Å². The fourth-order valence-corrected chi connectivity index (χ4v) is 1.70. The molecular formula is C14H20F2N2O2. The summed E-state index contributed by atoms with van der Waals surface area (Å²) < 4.78 is 32.3. The average molecular weight is 286 g/mol. The maximum atomic E-state index is 13.7. The Morgan fingerprint density at radius 2 is 1.95 bits per heavy atom. The topological polar surface area (TPSA) is 64.3 Å². The lowest BCUT2D eigenvalue weighted by Gasteiger charge is -2.11. The Labute approximate surface area is 117 Å². The van der Waals surface area contributed by atoms with Crippen molar-refractivity contribution in [3.63, 3.8) is 0 Å². The molecule has 0 radical (unpaired) electrons. The number of amides is 1. The smallest absolute Gasteiger partial charge is 0.223 e. The Kier molecular flexibility index (Phi) is 6.38. The van der Waals surface area contributed by atoms with Gasteiger partial charge in [-0.1, -0.05) is 0 Å². The molecule has 112 valence electrons. The average Bonchev–Trinajstić information content (AvgIpc) is 2.32. The van der Waals surface area contributed by atoms with E-state index < -0.39 is 17.4 Å². The third kappa shape index (κ3) is 5.13. The van der Waals surface area contributed by atoms with Crippen LogP contribution in [-0.4, -0.2) is 25.1 Å². The first kappa shape index (κ1) is 16.4. The summed E-state index contributed by atoms with van der Waals surface area (Å²) in [4.78, 5) is 11.4. The molecule has 4 nitrogen and oxygen atoms in total. The van der Waals surface area contributed by atoms with Crippen LogP contribution in [0, 0.1) is 11.6 Å². The maximum absolute atomic E-state index is 13.7. The van der Waals surface area contributed by atoms with Crippen LogP contribution in [-0.2, 0) is 11.2 Å². The van der Waals surface area contributed by atoms with Crippen LogP contribution in [0.4, 0.5) is 8.78 Å². The number of nitrogens with two attached hydrogens (primary N) is 1. The van der Waals surface area contributed by atoms with E-state index in [1.54, 1.807) is 0 Å². The second kappa shape index (κ2) is 7.79. The zero-order valence-corrected chi connectivity index (χ0v) is 11.7. The zero-order valence-electron chi connectivity index (χ0n) is 11.7. The van der Waals surface area contributed by atoms with Crippen LogP contribution in [0.5, 0.6) is 5.75 Å². The summed E-state index contributed by atoms with van der Waals surface area (Å²) in [6, 6.07) is 2.41. The summed E-state index contributed by atoms with van der Waals surface area (Å²) in [5, 5.41) is 2.66. The van der Waals surface area contributed by atoms with Crippen LogP contribution in [0.25, 0.3) is 0 Å². The number of rotatable bonds is 7. The number of halogens is 2. The Bertz CT molecular complexity index is 441. The van der Waals surface area contributed by atoms with Gasteiger partial charge in [0.05, 0.1) is 13.0 Å². The fraction of sp³-hybridized carbons (Fsp3) is 0.500. The highest BCUT2D eigenvalue weighted by Gasteiger charge is 2.13. The number of carbonyl (C=O) groups excluding carboxylic acids is 1. The summed E-state index contributed by atoms with van der Waals surface area (Å²) >= 11 is 0. The Balaban J connectivity index is 2.58. The van der Waals surface area contributed by atoms with Crippen molar-refractivity contribution >= 4 is 5.91 Å². The van der Waals surface area contributed by atoms with Crippen molar-refractivity contribution in [3.05, 3.63) is 29.3 Å². The van der Waals surface area contributed by atoms with Crippen molar-refractivity contribution in [2.24, 2.45) is 5.73 Å². The maximum Gasteiger partial charge on any atom is 0.223 e. The minimum Gasteiger partial charge on any atom is -0.487 e. The molecule has 0 unspecified atom stereocenters. The molecule has 0 heterocycles. The van der Waals surface area contributed by atoms with Gasteiger partial charge in [0.15, 0.2) is 17.4 Å². The Morgan fingerprint density at radius 1 is 1.35 bits per heavy atom. The Morgan fingerprint density at radius 3 is 2.45 bits per heavy atom. The van der Waals surface area contributed by atoms with Crippen LogP contribution in [0.2, 0.25) is 0 Å². The van der Waals surface area contributed by atoms with Gasteiger partial charge in [-0.3, -0.25) is 4.79 Å². The molecule has 0 fully saturated rings. The number of carbonyl (C=O) groups is 1. The van der Waals surface area contributed by atoms with Crippen LogP contribution in [0.15, 0.2) is 12.1 Å². The SMILES string of the molecule is CC(C)NC(=O)CCOc1c(F)cc(CCN)cc1F. The number of ether oxygens (including phenoxy) is 1. The lowest BCUT2D eigenvalue weighted by molar-refractivity contribution is -0.122. The molecule has 0 aliphatic heterocycles. The summed E-state index contributed by atoms with van der Waals surface area (Å²) in [7, 11) is 0. The lowest BCUT2D eigenvalue weighted by Crippen LogP contribution is -2.31. The number of nitrogens with one attached hydrogen (secondary N) is 1. The first-order valence-corrected chi connectivity index (χ1v) is 6.54. The molecule has 1 aromatic rings. The van der Waals surface area contributed by atoms with Crippen LogP contribution in [0.3, 0.4) is 0 Å². The minimum absolute atomic E-state index is 0.0199. The first-order chi connectivity index (χ1) is 9.43. The van der Waals surface area contributed by atoms with E-state index in [1.165, 1.54) is 12.1 Å². The second-order valence-electron chi connectivity index (χ2n) is 4.75. The molecule has 0 aliphatic carbocycles. The van der Waals surface area contributed by atoms with Gasteiger partial charge < -0.3 is 15.8 Å². The van der Waals surface area contributed by atoms with E-state index in [4.69, 9.17) is 10.5 Å². The van der Waals surface area contributed by atoms with E-state index in [2.05, 4.69) is 5.32 Å². The molecule has 1 rings (SSSR count). The van der Waals surface area contributed by atoms with E-state index >= 15 is 0 Å². The molecule has 1 aromatic carbocycles. The van der Waals surface area contributed by atoms with Crippen LogP contribution in [0.1, 0.15) is 25.8 Å².